The molecule has 2 aromatic rings. The van der Waals surface area contributed by atoms with Crippen LogP contribution in [-0.2, 0) is 12.7 Å². The highest BCUT2D eigenvalue weighted by atomic mass is 79.9. The lowest BCUT2D eigenvalue weighted by Crippen LogP contribution is -2.06. The van der Waals surface area contributed by atoms with Crippen molar-refractivity contribution in [3.63, 3.8) is 0 Å². The van der Waals surface area contributed by atoms with Gasteiger partial charge in [-0.3, -0.25) is 0 Å². The first-order valence-electron chi connectivity index (χ1n) is 6.02. The van der Waals surface area contributed by atoms with Crippen molar-refractivity contribution in [2.24, 2.45) is 0 Å². The van der Waals surface area contributed by atoms with Gasteiger partial charge in [0, 0.05) is 16.7 Å². The Morgan fingerprint density at radius 2 is 1.85 bits per heavy atom. The van der Waals surface area contributed by atoms with Gasteiger partial charge in [-0.1, -0.05) is 34.1 Å². The number of rotatable bonds is 3. The third-order valence-electron chi connectivity index (χ3n) is 2.91. The Bertz CT molecular complexity index is 608. The molecule has 0 spiro atoms. The average Bonchev–Trinajstić information content (AvgIpc) is 2.39. The highest BCUT2D eigenvalue weighted by Crippen LogP contribution is 2.30. The average molecular weight is 344 g/mol. The van der Waals surface area contributed by atoms with Gasteiger partial charge in [-0.2, -0.15) is 13.2 Å². The monoisotopic (exact) mass is 343 g/mol. The Kier molecular flexibility index (Phi) is 4.38. The first-order valence-corrected chi connectivity index (χ1v) is 6.82. The van der Waals surface area contributed by atoms with Crippen molar-refractivity contribution in [2.45, 2.75) is 19.6 Å². The summed E-state index contributed by atoms with van der Waals surface area (Å²) in [5.41, 5.74) is 1.92. The van der Waals surface area contributed by atoms with Crippen LogP contribution in [0.2, 0.25) is 0 Å². The van der Waals surface area contributed by atoms with Crippen LogP contribution in [0.3, 0.4) is 0 Å². The molecule has 0 amide bonds. The predicted octanol–water partition coefficient (Wildman–Crippen LogP) is 5.39. The summed E-state index contributed by atoms with van der Waals surface area (Å²) in [5.74, 6) is 0. The Morgan fingerprint density at radius 3 is 2.50 bits per heavy atom. The van der Waals surface area contributed by atoms with E-state index in [1.54, 1.807) is 6.07 Å². The van der Waals surface area contributed by atoms with Crippen LogP contribution in [0.5, 0.6) is 0 Å². The van der Waals surface area contributed by atoms with Gasteiger partial charge >= 0.3 is 6.18 Å². The number of aryl methyl sites for hydroxylation is 1. The molecule has 0 aromatic heterocycles. The minimum absolute atomic E-state index is 0.459. The summed E-state index contributed by atoms with van der Waals surface area (Å²) in [4.78, 5) is 0. The summed E-state index contributed by atoms with van der Waals surface area (Å²) in [6, 6.07) is 11.1. The Morgan fingerprint density at radius 1 is 1.10 bits per heavy atom. The summed E-state index contributed by atoms with van der Waals surface area (Å²) in [6.07, 6.45) is -4.31. The first-order chi connectivity index (χ1) is 9.36. The standard InChI is InChI=1S/C15H13BrF3N/c1-10-7-11(5-6-14(10)16)9-20-13-4-2-3-12(8-13)15(17,18)19/h2-8,20H,9H2,1H3. The van der Waals surface area contributed by atoms with Crippen LogP contribution in [-0.4, -0.2) is 0 Å². The Labute approximate surface area is 123 Å². The van der Waals surface area contributed by atoms with Gasteiger partial charge < -0.3 is 5.32 Å². The lowest BCUT2D eigenvalue weighted by atomic mass is 10.1. The third-order valence-corrected chi connectivity index (χ3v) is 3.80. The molecule has 1 nitrogen and oxygen atoms in total. The molecule has 2 rings (SSSR count). The molecule has 1 N–H and O–H groups in total. The van der Waals surface area contributed by atoms with Crippen molar-refractivity contribution in [1.29, 1.82) is 0 Å². The largest absolute Gasteiger partial charge is 0.416 e. The van der Waals surface area contributed by atoms with E-state index in [0.29, 0.717) is 12.2 Å². The van der Waals surface area contributed by atoms with Gasteiger partial charge in [-0.15, -0.1) is 0 Å². The molecule has 106 valence electrons. The summed E-state index contributed by atoms with van der Waals surface area (Å²) in [7, 11) is 0. The molecule has 0 fully saturated rings. The van der Waals surface area contributed by atoms with Gasteiger partial charge in [0.15, 0.2) is 0 Å². The van der Waals surface area contributed by atoms with Crippen LogP contribution >= 0.6 is 15.9 Å². The molecule has 20 heavy (non-hydrogen) atoms. The molecule has 0 aliphatic rings. The highest BCUT2D eigenvalue weighted by molar-refractivity contribution is 9.10. The summed E-state index contributed by atoms with van der Waals surface area (Å²) in [5, 5.41) is 3.00. The van der Waals surface area contributed by atoms with Crippen molar-refractivity contribution >= 4 is 21.6 Å². The SMILES string of the molecule is Cc1cc(CNc2cccc(C(F)(F)F)c2)ccc1Br. The molecule has 0 bridgehead atoms. The van der Waals surface area contributed by atoms with Crippen molar-refractivity contribution in [3.8, 4) is 0 Å². The second-order valence-corrected chi connectivity index (χ2v) is 5.37. The Balaban J connectivity index is 2.09. The van der Waals surface area contributed by atoms with Gasteiger partial charge in [0.1, 0.15) is 0 Å². The predicted molar refractivity (Wildman–Crippen MR) is 77.6 cm³/mol. The summed E-state index contributed by atoms with van der Waals surface area (Å²) < 4.78 is 38.8. The number of anilines is 1. The zero-order valence-electron chi connectivity index (χ0n) is 10.8. The van der Waals surface area contributed by atoms with E-state index < -0.39 is 11.7 Å². The van der Waals surface area contributed by atoms with E-state index >= 15 is 0 Å². The topological polar surface area (TPSA) is 12.0 Å². The van der Waals surface area contributed by atoms with Crippen molar-refractivity contribution in [1.82, 2.24) is 0 Å². The maximum atomic E-state index is 12.6. The van der Waals surface area contributed by atoms with Gasteiger partial charge in [0.2, 0.25) is 0 Å². The maximum absolute atomic E-state index is 12.6. The molecular formula is C15H13BrF3N. The zero-order valence-corrected chi connectivity index (χ0v) is 12.3. The van der Waals surface area contributed by atoms with E-state index in [1.807, 2.05) is 25.1 Å². The fourth-order valence-electron chi connectivity index (χ4n) is 1.83. The normalized spacial score (nSPS) is 11.4. The third kappa shape index (κ3) is 3.76. The fourth-order valence-corrected chi connectivity index (χ4v) is 2.07. The maximum Gasteiger partial charge on any atom is 0.416 e. The van der Waals surface area contributed by atoms with Gasteiger partial charge in [0.05, 0.1) is 5.56 Å². The van der Waals surface area contributed by atoms with Gasteiger partial charge in [0.25, 0.3) is 0 Å². The molecule has 0 radical (unpaired) electrons. The second kappa shape index (κ2) is 5.87. The lowest BCUT2D eigenvalue weighted by molar-refractivity contribution is -0.137. The number of benzene rings is 2. The molecule has 0 aliphatic heterocycles. The van der Waals surface area contributed by atoms with E-state index in [4.69, 9.17) is 0 Å². The molecule has 0 atom stereocenters. The van der Waals surface area contributed by atoms with Crippen LogP contribution < -0.4 is 5.32 Å². The van der Waals surface area contributed by atoms with E-state index in [-0.39, 0.29) is 0 Å². The second-order valence-electron chi connectivity index (χ2n) is 4.52. The highest BCUT2D eigenvalue weighted by Gasteiger charge is 2.30. The van der Waals surface area contributed by atoms with E-state index in [0.717, 1.165) is 27.7 Å². The number of hydrogen-bond donors (Lipinski definition) is 1. The first kappa shape index (κ1) is 14.9. The molecule has 0 heterocycles. The van der Waals surface area contributed by atoms with Gasteiger partial charge in [-0.05, 0) is 42.3 Å². The number of nitrogens with one attached hydrogen (secondary N) is 1. The number of halogens is 4. The van der Waals surface area contributed by atoms with Crippen LogP contribution in [0.1, 0.15) is 16.7 Å². The lowest BCUT2D eigenvalue weighted by Gasteiger charge is -2.11. The number of hydrogen-bond acceptors (Lipinski definition) is 1. The molecule has 2 aromatic carbocycles. The summed E-state index contributed by atoms with van der Waals surface area (Å²) >= 11 is 3.41. The van der Waals surface area contributed by atoms with Crippen molar-refractivity contribution < 1.29 is 13.2 Å². The van der Waals surface area contributed by atoms with E-state index in [2.05, 4.69) is 21.2 Å². The molecule has 0 saturated carbocycles. The fraction of sp³-hybridized carbons (Fsp3) is 0.200. The van der Waals surface area contributed by atoms with Crippen molar-refractivity contribution in [2.75, 3.05) is 5.32 Å². The smallest absolute Gasteiger partial charge is 0.381 e. The minimum Gasteiger partial charge on any atom is -0.381 e. The molecular weight excluding hydrogens is 331 g/mol. The van der Waals surface area contributed by atoms with E-state index in [1.165, 1.54) is 6.07 Å². The Hall–Kier alpha value is -1.49. The van der Waals surface area contributed by atoms with E-state index in [9.17, 15) is 13.2 Å². The quantitative estimate of drug-likeness (QED) is 0.787. The van der Waals surface area contributed by atoms with Crippen molar-refractivity contribution in [3.05, 3.63) is 63.6 Å². The van der Waals surface area contributed by atoms with Crippen LogP contribution in [0.15, 0.2) is 46.9 Å². The van der Waals surface area contributed by atoms with Crippen LogP contribution in [0.4, 0.5) is 18.9 Å². The molecule has 0 unspecified atom stereocenters. The minimum atomic E-state index is -4.31. The molecule has 0 aliphatic carbocycles. The number of alkyl halides is 3. The van der Waals surface area contributed by atoms with Gasteiger partial charge in [-0.25, -0.2) is 0 Å². The zero-order chi connectivity index (χ0) is 14.8. The summed E-state index contributed by atoms with van der Waals surface area (Å²) in [6.45, 7) is 2.45. The van der Waals surface area contributed by atoms with Crippen LogP contribution in [0.25, 0.3) is 0 Å². The molecule has 5 heteroatoms. The van der Waals surface area contributed by atoms with Crippen LogP contribution in [0, 0.1) is 6.92 Å². The molecule has 0 saturated heterocycles.